The van der Waals surface area contributed by atoms with Gasteiger partial charge in [-0.05, 0) is 11.5 Å². The summed E-state index contributed by atoms with van der Waals surface area (Å²) < 4.78 is 0. The Morgan fingerprint density at radius 3 is 2.57 bits per heavy atom. The van der Waals surface area contributed by atoms with Crippen LogP contribution in [-0.4, -0.2) is 29.2 Å². The van der Waals surface area contributed by atoms with Crippen molar-refractivity contribution in [3.63, 3.8) is 0 Å². The number of nitrogens with zero attached hydrogens (tertiary/aromatic N) is 1. The second-order valence-electron chi connectivity index (χ2n) is 4.22. The van der Waals surface area contributed by atoms with Crippen LogP contribution in [0.4, 0.5) is 0 Å². The van der Waals surface area contributed by atoms with Gasteiger partial charge in [-0.2, -0.15) is 0 Å². The Morgan fingerprint density at radius 1 is 1.29 bits per heavy atom. The standard InChI is InChI=1S/C12H17NO/c1-10-7-13(9-12(10)14)8-11-5-3-2-4-6-11/h2-6,10,12,14H,7-9H2,1H3/t10-,12+/m0/s1. The average molecular weight is 191 g/mol. The highest BCUT2D eigenvalue weighted by Crippen LogP contribution is 2.18. The molecule has 14 heavy (non-hydrogen) atoms. The summed E-state index contributed by atoms with van der Waals surface area (Å²) in [6.07, 6.45) is -0.140. The lowest BCUT2D eigenvalue weighted by Crippen LogP contribution is -2.21. The molecular weight excluding hydrogens is 174 g/mol. The topological polar surface area (TPSA) is 23.5 Å². The van der Waals surface area contributed by atoms with Gasteiger partial charge in [0.25, 0.3) is 0 Å². The Kier molecular flexibility index (Phi) is 2.85. The second-order valence-corrected chi connectivity index (χ2v) is 4.22. The van der Waals surface area contributed by atoms with Gasteiger partial charge in [-0.25, -0.2) is 0 Å². The number of aliphatic hydroxyl groups is 1. The molecule has 1 heterocycles. The van der Waals surface area contributed by atoms with E-state index in [1.54, 1.807) is 0 Å². The number of hydrogen-bond acceptors (Lipinski definition) is 2. The van der Waals surface area contributed by atoms with Crippen LogP contribution in [0.5, 0.6) is 0 Å². The fourth-order valence-corrected chi connectivity index (χ4v) is 2.02. The summed E-state index contributed by atoms with van der Waals surface area (Å²) in [6.45, 7) is 4.89. The maximum atomic E-state index is 9.60. The maximum Gasteiger partial charge on any atom is 0.0704 e. The molecule has 0 bridgehead atoms. The van der Waals surface area contributed by atoms with Crippen molar-refractivity contribution in [2.24, 2.45) is 5.92 Å². The van der Waals surface area contributed by atoms with E-state index in [1.807, 2.05) is 6.07 Å². The molecule has 0 spiro atoms. The lowest BCUT2D eigenvalue weighted by molar-refractivity contribution is 0.147. The minimum Gasteiger partial charge on any atom is -0.391 e. The zero-order valence-electron chi connectivity index (χ0n) is 8.56. The van der Waals surface area contributed by atoms with Crippen LogP contribution in [-0.2, 0) is 6.54 Å². The van der Waals surface area contributed by atoms with Crippen LogP contribution in [0.3, 0.4) is 0 Å². The van der Waals surface area contributed by atoms with Crippen LogP contribution in [0.15, 0.2) is 30.3 Å². The molecule has 1 saturated heterocycles. The molecule has 1 N–H and O–H groups in total. The molecule has 1 aliphatic rings. The van der Waals surface area contributed by atoms with Gasteiger partial charge in [0.2, 0.25) is 0 Å². The zero-order chi connectivity index (χ0) is 9.97. The summed E-state index contributed by atoms with van der Waals surface area (Å²) in [5.74, 6) is 0.415. The van der Waals surface area contributed by atoms with Crippen molar-refractivity contribution in [2.45, 2.75) is 19.6 Å². The molecule has 0 radical (unpaired) electrons. The molecule has 2 heteroatoms. The van der Waals surface area contributed by atoms with Gasteiger partial charge in [-0.15, -0.1) is 0 Å². The molecule has 2 rings (SSSR count). The molecular formula is C12H17NO. The Balaban J connectivity index is 1.94. The largest absolute Gasteiger partial charge is 0.391 e. The van der Waals surface area contributed by atoms with Gasteiger partial charge in [0.15, 0.2) is 0 Å². The highest BCUT2D eigenvalue weighted by atomic mass is 16.3. The summed E-state index contributed by atoms with van der Waals surface area (Å²) in [6, 6.07) is 10.4. The molecule has 1 aromatic carbocycles. The van der Waals surface area contributed by atoms with Gasteiger partial charge in [0.05, 0.1) is 6.10 Å². The van der Waals surface area contributed by atoms with Gasteiger partial charge < -0.3 is 5.11 Å². The Labute approximate surface area is 85.2 Å². The predicted octanol–water partition coefficient (Wildman–Crippen LogP) is 1.50. The third-order valence-electron chi connectivity index (χ3n) is 2.90. The predicted molar refractivity (Wildman–Crippen MR) is 56.9 cm³/mol. The van der Waals surface area contributed by atoms with Crippen molar-refractivity contribution in [3.8, 4) is 0 Å². The molecule has 1 aromatic rings. The monoisotopic (exact) mass is 191 g/mol. The minimum atomic E-state index is -0.140. The fraction of sp³-hybridized carbons (Fsp3) is 0.500. The molecule has 1 aliphatic heterocycles. The highest BCUT2D eigenvalue weighted by molar-refractivity contribution is 5.14. The maximum absolute atomic E-state index is 9.60. The van der Waals surface area contributed by atoms with E-state index >= 15 is 0 Å². The summed E-state index contributed by atoms with van der Waals surface area (Å²) in [5.41, 5.74) is 1.33. The van der Waals surface area contributed by atoms with Crippen molar-refractivity contribution in [3.05, 3.63) is 35.9 Å². The molecule has 0 saturated carbocycles. The minimum absolute atomic E-state index is 0.140. The Bertz CT molecular complexity index is 276. The zero-order valence-corrected chi connectivity index (χ0v) is 8.56. The van der Waals surface area contributed by atoms with Gasteiger partial charge in [0, 0.05) is 19.6 Å². The van der Waals surface area contributed by atoms with E-state index in [-0.39, 0.29) is 6.10 Å². The van der Waals surface area contributed by atoms with Gasteiger partial charge in [0.1, 0.15) is 0 Å². The third kappa shape index (κ3) is 2.14. The third-order valence-corrected chi connectivity index (χ3v) is 2.90. The molecule has 0 aliphatic carbocycles. The number of rotatable bonds is 2. The van der Waals surface area contributed by atoms with Gasteiger partial charge in [-0.3, -0.25) is 4.90 Å². The number of aliphatic hydroxyl groups excluding tert-OH is 1. The Morgan fingerprint density at radius 2 is 2.00 bits per heavy atom. The lowest BCUT2D eigenvalue weighted by atomic mass is 10.1. The van der Waals surface area contributed by atoms with Crippen LogP contribution >= 0.6 is 0 Å². The number of benzene rings is 1. The van der Waals surface area contributed by atoms with E-state index in [0.717, 1.165) is 19.6 Å². The van der Waals surface area contributed by atoms with E-state index in [4.69, 9.17) is 0 Å². The van der Waals surface area contributed by atoms with Crippen molar-refractivity contribution in [1.29, 1.82) is 0 Å². The SMILES string of the molecule is C[C@H]1CN(Cc2ccccc2)C[C@H]1O. The summed E-state index contributed by atoms with van der Waals surface area (Å²) in [4.78, 5) is 2.31. The van der Waals surface area contributed by atoms with E-state index < -0.39 is 0 Å². The Hall–Kier alpha value is -0.860. The van der Waals surface area contributed by atoms with Crippen molar-refractivity contribution >= 4 is 0 Å². The molecule has 76 valence electrons. The highest BCUT2D eigenvalue weighted by Gasteiger charge is 2.27. The van der Waals surface area contributed by atoms with Crippen molar-refractivity contribution < 1.29 is 5.11 Å². The first-order valence-corrected chi connectivity index (χ1v) is 5.20. The van der Waals surface area contributed by atoms with Crippen molar-refractivity contribution in [2.75, 3.05) is 13.1 Å². The number of hydrogen-bond donors (Lipinski definition) is 1. The van der Waals surface area contributed by atoms with Crippen LogP contribution in [0, 0.1) is 5.92 Å². The first-order valence-electron chi connectivity index (χ1n) is 5.20. The van der Waals surface area contributed by atoms with Gasteiger partial charge in [-0.1, -0.05) is 37.3 Å². The smallest absolute Gasteiger partial charge is 0.0704 e. The fourth-order valence-electron chi connectivity index (χ4n) is 2.02. The van der Waals surface area contributed by atoms with Crippen molar-refractivity contribution in [1.82, 2.24) is 4.90 Å². The van der Waals surface area contributed by atoms with Gasteiger partial charge >= 0.3 is 0 Å². The molecule has 2 atom stereocenters. The average Bonchev–Trinajstić information content (AvgIpc) is 2.47. The molecule has 1 fully saturated rings. The lowest BCUT2D eigenvalue weighted by Gasteiger charge is -2.14. The molecule has 0 aromatic heterocycles. The number of β-amino-alcohol motifs (C(OH)–C–C–N with tert-alkyl or cyclic N) is 1. The first kappa shape index (κ1) is 9.69. The first-order chi connectivity index (χ1) is 6.75. The van der Waals surface area contributed by atoms with E-state index in [9.17, 15) is 5.11 Å². The van der Waals surface area contributed by atoms with Crippen LogP contribution in [0.2, 0.25) is 0 Å². The molecule has 2 nitrogen and oxygen atoms in total. The summed E-state index contributed by atoms with van der Waals surface area (Å²) >= 11 is 0. The van der Waals surface area contributed by atoms with E-state index in [1.165, 1.54) is 5.56 Å². The number of likely N-dealkylation sites (tertiary alicyclic amines) is 1. The summed E-state index contributed by atoms with van der Waals surface area (Å²) in [7, 11) is 0. The normalized spacial score (nSPS) is 28.1. The molecule has 0 amide bonds. The van der Waals surface area contributed by atoms with Crippen LogP contribution in [0.25, 0.3) is 0 Å². The quantitative estimate of drug-likeness (QED) is 0.765. The van der Waals surface area contributed by atoms with Crippen LogP contribution < -0.4 is 0 Å². The van der Waals surface area contributed by atoms with E-state index in [0.29, 0.717) is 5.92 Å². The molecule has 0 unspecified atom stereocenters. The van der Waals surface area contributed by atoms with E-state index in [2.05, 4.69) is 36.1 Å². The van der Waals surface area contributed by atoms with Crippen LogP contribution in [0.1, 0.15) is 12.5 Å². The second kappa shape index (κ2) is 4.11. The summed E-state index contributed by atoms with van der Waals surface area (Å²) in [5, 5.41) is 9.60.